The maximum absolute atomic E-state index is 15.5. The number of fused-ring (bicyclic) bond motifs is 2. The molecule has 4 aliphatic rings. The van der Waals surface area contributed by atoms with Gasteiger partial charge in [0.2, 0.25) is 11.8 Å². The molecule has 1 atom stereocenters. The lowest BCUT2D eigenvalue weighted by atomic mass is 9.92. The lowest BCUT2D eigenvalue weighted by Gasteiger charge is -2.39. The number of nitrogens with two attached hydrogens (primary N) is 2. The topological polar surface area (TPSA) is 221 Å². The van der Waals surface area contributed by atoms with Crippen molar-refractivity contribution in [3.05, 3.63) is 194 Å². The van der Waals surface area contributed by atoms with E-state index < -0.39 is 24.9 Å². The summed E-state index contributed by atoms with van der Waals surface area (Å²) in [5.74, 6) is -1.21. The third-order valence-electron chi connectivity index (χ3n) is 16.7. The number of pyridine rings is 3. The van der Waals surface area contributed by atoms with E-state index in [9.17, 15) is 29.4 Å². The quantitative estimate of drug-likeness (QED) is 0.0643. The number of aliphatic hydroxyl groups excluding tert-OH is 2. The lowest BCUT2D eigenvalue weighted by Crippen LogP contribution is -2.50. The normalized spacial score (nSPS) is 16.4. The molecule has 2 aliphatic heterocycles. The molecule has 6 N–H and O–H groups in total. The van der Waals surface area contributed by atoms with Gasteiger partial charge in [-0.3, -0.25) is 33.1 Å². The van der Waals surface area contributed by atoms with E-state index in [-0.39, 0.29) is 65.0 Å². The van der Waals surface area contributed by atoms with E-state index in [4.69, 9.17) is 16.2 Å². The molecule has 1 unspecified atom stereocenters. The van der Waals surface area contributed by atoms with Crippen LogP contribution in [0.2, 0.25) is 0 Å². The highest BCUT2D eigenvalue weighted by molar-refractivity contribution is 5.94. The van der Waals surface area contributed by atoms with Gasteiger partial charge in [0.05, 0.1) is 30.0 Å². The van der Waals surface area contributed by atoms with Gasteiger partial charge in [-0.05, 0) is 150 Å². The Morgan fingerprint density at radius 1 is 0.765 bits per heavy atom. The number of aliphatic hydroxyl groups is 2. The summed E-state index contributed by atoms with van der Waals surface area (Å²) in [5, 5.41) is 24.4. The minimum Gasteiger partial charge on any atom is -0.489 e. The highest BCUT2D eigenvalue weighted by Gasteiger charge is 2.34. The van der Waals surface area contributed by atoms with Gasteiger partial charge in [-0.1, -0.05) is 49.0 Å². The number of halogens is 1. The fraction of sp³-hybridized carbons (Fsp3) is 0.281. The van der Waals surface area contributed by atoms with Crippen LogP contribution in [-0.2, 0) is 36.3 Å². The van der Waals surface area contributed by atoms with Crippen molar-refractivity contribution in [1.29, 1.82) is 0 Å². The first-order valence-corrected chi connectivity index (χ1v) is 27.5. The van der Waals surface area contributed by atoms with Crippen molar-refractivity contribution < 1.29 is 33.7 Å². The van der Waals surface area contributed by atoms with Gasteiger partial charge in [0.25, 0.3) is 17.0 Å². The number of amides is 3. The Balaban J connectivity index is 0.859. The van der Waals surface area contributed by atoms with Crippen molar-refractivity contribution in [3.63, 3.8) is 0 Å². The van der Waals surface area contributed by atoms with Crippen molar-refractivity contribution in [1.82, 2.24) is 28.5 Å². The first-order chi connectivity index (χ1) is 39.2. The molecule has 12 rings (SSSR count). The van der Waals surface area contributed by atoms with Gasteiger partial charge < -0.3 is 40.8 Å². The molecular formula is C64H61FN8O8. The number of hydrogen-bond donors (Lipinski definition) is 4. The number of rotatable bonds is 17. The smallest absolute Gasteiger partial charge is 0.266 e. The summed E-state index contributed by atoms with van der Waals surface area (Å²) in [4.78, 5) is 76.5. The summed E-state index contributed by atoms with van der Waals surface area (Å²) in [7, 11) is 1.71. The lowest BCUT2D eigenvalue weighted by molar-refractivity contribution is -0.132. The van der Waals surface area contributed by atoms with Crippen LogP contribution in [0.4, 0.5) is 10.2 Å². The molecule has 3 amide bonds. The number of anilines is 1. The van der Waals surface area contributed by atoms with Crippen LogP contribution in [0.3, 0.4) is 0 Å². The largest absolute Gasteiger partial charge is 0.489 e. The Bertz CT molecular complexity index is 4070. The van der Waals surface area contributed by atoms with E-state index in [1.54, 1.807) is 79.2 Å². The highest BCUT2D eigenvalue weighted by atomic mass is 19.1. The van der Waals surface area contributed by atoms with E-state index in [1.807, 2.05) is 42.5 Å². The van der Waals surface area contributed by atoms with Gasteiger partial charge in [0, 0.05) is 96.6 Å². The molecule has 17 heteroatoms. The van der Waals surface area contributed by atoms with Crippen LogP contribution in [0.25, 0.3) is 55.2 Å². The van der Waals surface area contributed by atoms with Gasteiger partial charge in [-0.2, -0.15) is 0 Å². The van der Waals surface area contributed by atoms with Gasteiger partial charge in [0.1, 0.15) is 18.1 Å². The van der Waals surface area contributed by atoms with Gasteiger partial charge in [0.15, 0.2) is 11.6 Å². The number of hydrogen-bond acceptors (Lipinski definition) is 10. The SMILES string of the molecule is C=CC(=O)N1CC(Cc2cc3cc(C4CC4)cc(OC/C=C\C(=O)N4CCC(c5cc6cc(C7CC7)ccc6c(=O)n5-c5cccc(-c6ccnc(N)c6F)c5CO)C4)c3c(=O)n2-c2cccc(-c3cc(C(N)=O)n(C)c3)c2CO)C1. The minimum atomic E-state index is -0.733. The summed E-state index contributed by atoms with van der Waals surface area (Å²) in [6, 6.07) is 27.6. The highest BCUT2D eigenvalue weighted by Crippen LogP contribution is 2.44. The molecule has 412 valence electrons. The molecule has 6 heterocycles. The summed E-state index contributed by atoms with van der Waals surface area (Å²) < 4.78 is 26.9. The van der Waals surface area contributed by atoms with Gasteiger partial charge in [-0.25, -0.2) is 9.37 Å². The number of likely N-dealkylation sites (tertiary alicyclic amines) is 2. The Kier molecular flexibility index (Phi) is 13.9. The molecule has 4 aromatic carbocycles. The summed E-state index contributed by atoms with van der Waals surface area (Å²) in [6.07, 6.45) is 12.7. The number of carbonyl (C=O) groups is 3. The third kappa shape index (κ3) is 9.79. The number of aryl methyl sites for hydroxylation is 1. The summed E-state index contributed by atoms with van der Waals surface area (Å²) in [5.41, 5.74) is 18.1. The van der Waals surface area contributed by atoms with E-state index in [2.05, 4.69) is 17.6 Å². The standard InChI is InChI=1S/C64H61FN8O8/c1-3-57(76)71-30-36(31-71)23-45-26-43-25-41(38-14-15-38)29-56(59(43)64(80)72(45)52-9-4-7-46(50(52)34-74)44-28-55(62(67)78)69(2)32-44)81-22-6-11-58(77)70-21-19-40(33-70)54-27-42-24-39(37-12-13-37)16-17-47(42)63(79)73(54)53-10-5-8-48(51(53)35-75)49-18-20-68-61(66)60(49)65/h3-11,16-18,20,24-29,32,36-38,40,74-75H,1,12-15,19,21-23,30-31,33-35H2,2H3,(H2,66,68)(H2,67,78)/b11-6-. The van der Waals surface area contributed by atoms with Crippen molar-refractivity contribution >= 4 is 45.1 Å². The zero-order chi connectivity index (χ0) is 56.4. The molecule has 81 heavy (non-hydrogen) atoms. The third-order valence-corrected chi connectivity index (χ3v) is 16.7. The molecule has 2 saturated heterocycles. The van der Waals surface area contributed by atoms with Crippen LogP contribution < -0.4 is 27.3 Å². The molecule has 16 nitrogen and oxygen atoms in total. The van der Waals surface area contributed by atoms with E-state index in [0.29, 0.717) is 117 Å². The predicted octanol–water partition coefficient (Wildman–Crippen LogP) is 8.06. The fourth-order valence-electron chi connectivity index (χ4n) is 12.2. The van der Waals surface area contributed by atoms with Crippen LogP contribution in [0, 0.1) is 11.7 Å². The molecule has 0 radical (unpaired) electrons. The van der Waals surface area contributed by atoms with Crippen LogP contribution in [0.1, 0.15) is 94.0 Å². The maximum Gasteiger partial charge on any atom is 0.266 e. The monoisotopic (exact) mass is 1090 g/mol. The summed E-state index contributed by atoms with van der Waals surface area (Å²) >= 11 is 0. The molecule has 4 fully saturated rings. The molecule has 0 bridgehead atoms. The Morgan fingerprint density at radius 3 is 2.17 bits per heavy atom. The second kappa shape index (κ2) is 21.3. The second-order valence-corrected chi connectivity index (χ2v) is 21.9. The number of primary amides is 1. The van der Waals surface area contributed by atoms with Gasteiger partial charge in [-0.15, -0.1) is 0 Å². The van der Waals surface area contributed by atoms with Crippen LogP contribution >= 0.6 is 0 Å². The molecule has 2 saturated carbocycles. The molecule has 2 aliphatic carbocycles. The van der Waals surface area contributed by atoms with Crippen molar-refractivity contribution in [2.45, 2.75) is 69.5 Å². The number of nitrogens with zero attached hydrogens (tertiary/aromatic N) is 6. The minimum absolute atomic E-state index is 0.0423. The summed E-state index contributed by atoms with van der Waals surface area (Å²) in [6.45, 7) is 4.30. The number of carbonyl (C=O) groups excluding carboxylic acids is 3. The number of ether oxygens (including phenoxy) is 1. The average molecular weight is 1090 g/mol. The number of nitrogen functional groups attached to an aromatic ring is 1. The number of aromatic nitrogens is 4. The van der Waals surface area contributed by atoms with Crippen LogP contribution in [0.5, 0.6) is 5.75 Å². The van der Waals surface area contributed by atoms with E-state index >= 15 is 9.18 Å². The molecular weight excluding hydrogens is 1030 g/mol. The molecule has 0 spiro atoms. The van der Waals surface area contributed by atoms with Crippen molar-refractivity contribution in [2.24, 2.45) is 18.7 Å². The first kappa shape index (κ1) is 52.8. The molecule has 4 aromatic heterocycles. The van der Waals surface area contributed by atoms with Crippen molar-refractivity contribution in [3.8, 4) is 39.4 Å². The second-order valence-electron chi connectivity index (χ2n) is 21.9. The Hall–Kier alpha value is -8.93. The Morgan fingerprint density at radius 2 is 1.47 bits per heavy atom. The van der Waals surface area contributed by atoms with Crippen LogP contribution in [0.15, 0.2) is 138 Å². The predicted molar refractivity (Wildman–Crippen MR) is 308 cm³/mol. The number of benzene rings is 4. The zero-order valence-corrected chi connectivity index (χ0v) is 44.8. The van der Waals surface area contributed by atoms with Crippen molar-refractivity contribution in [2.75, 3.05) is 38.5 Å². The van der Waals surface area contributed by atoms with Gasteiger partial charge >= 0.3 is 0 Å². The first-order valence-electron chi connectivity index (χ1n) is 27.5. The average Bonchev–Trinajstić information content (AvgIpc) is 4.56. The Labute approximate surface area is 465 Å². The van der Waals surface area contributed by atoms with E-state index in [1.165, 1.54) is 30.0 Å². The zero-order valence-electron chi connectivity index (χ0n) is 44.8. The maximum atomic E-state index is 15.5. The fourth-order valence-corrected chi connectivity index (χ4v) is 12.2. The van der Waals surface area contributed by atoms with E-state index in [0.717, 1.165) is 36.6 Å². The molecule has 8 aromatic rings. The van der Waals surface area contributed by atoms with Crippen LogP contribution in [-0.4, -0.2) is 89.2 Å².